The molecular weight excluding hydrogens is 280 g/mol. The van der Waals surface area contributed by atoms with Gasteiger partial charge in [-0.3, -0.25) is 9.89 Å². The first-order valence-corrected chi connectivity index (χ1v) is 9.87. The molecule has 2 fully saturated rings. The van der Waals surface area contributed by atoms with Gasteiger partial charge in [0.25, 0.3) is 0 Å². The van der Waals surface area contributed by atoms with E-state index in [4.69, 9.17) is 4.99 Å². The van der Waals surface area contributed by atoms with Crippen LogP contribution in [0.5, 0.6) is 0 Å². The van der Waals surface area contributed by atoms with Crippen molar-refractivity contribution in [3.8, 4) is 0 Å². The summed E-state index contributed by atoms with van der Waals surface area (Å²) in [6.45, 7) is 8.48. The highest BCUT2D eigenvalue weighted by molar-refractivity contribution is 7.99. The van der Waals surface area contributed by atoms with Crippen molar-refractivity contribution in [2.24, 2.45) is 4.99 Å². The van der Waals surface area contributed by atoms with E-state index in [2.05, 4.69) is 35.6 Å². The van der Waals surface area contributed by atoms with E-state index >= 15 is 0 Å². The molecule has 0 amide bonds. The Morgan fingerprint density at radius 3 is 2.62 bits per heavy atom. The molecule has 5 heteroatoms. The Balaban J connectivity index is 1.75. The fourth-order valence-corrected chi connectivity index (χ4v) is 3.92. The lowest BCUT2D eigenvalue weighted by Crippen LogP contribution is -2.43. The molecule has 0 bridgehead atoms. The molecular formula is C16H32N4S. The first-order chi connectivity index (χ1) is 10.3. The van der Waals surface area contributed by atoms with Crippen LogP contribution in [0.2, 0.25) is 0 Å². The number of guanidine groups is 1. The summed E-state index contributed by atoms with van der Waals surface area (Å²) >= 11 is 2.00. The van der Waals surface area contributed by atoms with Gasteiger partial charge in [0, 0.05) is 30.4 Å². The Labute approximate surface area is 134 Å². The SMILES string of the molecule is CCNC(=NCCN(CC)C1CC1)NC1CCC(SC)C1. The molecule has 4 nitrogen and oxygen atoms in total. The molecule has 2 aliphatic rings. The van der Waals surface area contributed by atoms with Crippen molar-refractivity contribution < 1.29 is 0 Å². The Hall–Kier alpha value is -0.420. The van der Waals surface area contributed by atoms with Gasteiger partial charge < -0.3 is 10.6 Å². The van der Waals surface area contributed by atoms with Gasteiger partial charge in [-0.15, -0.1) is 0 Å². The third kappa shape index (κ3) is 5.70. The minimum atomic E-state index is 0.603. The van der Waals surface area contributed by atoms with E-state index in [1.165, 1.54) is 32.1 Å². The summed E-state index contributed by atoms with van der Waals surface area (Å²) < 4.78 is 0. The van der Waals surface area contributed by atoms with Gasteiger partial charge in [-0.1, -0.05) is 6.92 Å². The Morgan fingerprint density at radius 1 is 1.24 bits per heavy atom. The topological polar surface area (TPSA) is 39.7 Å². The molecule has 2 unspecified atom stereocenters. The van der Waals surface area contributed by atoms with E-state index in [0.29, 0.717) is 6.04 Å². The lowest BCUT2D eigenvalue weighted by molar-refractivity contribution is 0.286. The highest BCUT2D eigenvalue weighted by Gasteiger charge is 2.27. The number of hydrogen-bond donors (Lipinski definition) is 2. The van der Waals surface area contributed by atoms with Gasteiger partial charge in [0.1, 0.15) is 0 Å². The van der Waals surface area contributed by atoms with Gasteiger partial charge in [0.05, 0.1) is 6.54 Å². The Kier molecular flexibility index (Phi) is 7.17. The summed E-state index contributed by atoms with van der Waals surface area (Å²) in [5, 5.41) is 7.85. The molecule has 0 radical (unpaired) electrons. The number of hydrogen-bond acceptors (Lipinski definition) is 3. The van der Waals surface area contributed by atoms with Crippen molar-refractivity contribution >= 4 is 17.7 Å². The zero-order valence-corrected chi connectivity index (χ0v) is 14.7. The molecule has 2 saturated carbocycles. The lowest BCUT2D eigenvalue weighted by Gasteiger charge is -2.20. The average molecular weight is 313 g/mol. The molecule has 2 N–H and O–H groups in total. The van der Waals surface area contributed by atoms with Crippen molar-refractivity contribution in [1.29, 1.82) is 0 Å². The van der Waals surface area contributed by atoms with Crippen molar-refractivity contribution in [3.05, 3.63) is 0 Å². The van der Waals surface area contributed by atoms with Crippen LogP contribution in [-0.4, -0.2) is 60.6 Å². The van der Waals surface area contributed by atoms with Crippen molar-refractivity contribution in [2.75, 3.05) is 32.4 Å². The van der Waals surface area contributed by atoms with E-state index in [0.717, 1.165) is 43.4 Å². The summed E-state index contributed by atoms with van der Waals surface area (Å²) in [5.74, 6) is 1.01. The van der Waals surface area contributed by atoms with Crippen LogP contribution in [0.25, 0.3) is 0 Å². The van der Waals surface area contributed by atoms with Gasteiger partial charge in [0.15, 0.2) is 5.96 Å². The fourth-order valence-electron chi connectivity index (χ4n) is 3.13. The largest absolute Gasteiger partial charge is 0.357 e. The summed E-state index contributed by atoms with van der Waals surface area (Å²) in [6.07, 6.45) is 8.88. The maximum absolute atomic E-state index is 4.77. The molecule has 0 aliphatic heterocycles. The third-order valence-corrected chi connectivity index (χ3v) is 5.62. The van der Waals surface area contributed by atoms with Crippen LogP contribution in [0.15, 0.2) is 4.99 Å². The standard InChI is InChI=1S/C16H32N4S/c1-4-17-16(19-13-6-9-15(12-13)21-3)18-10-11-20(5-2)14-7-8-14/h13-15H,4-12H2,1-3H3,(H2,17,18,19). The molecule has 2 aliphatic carbocycles. The van der Waals surface area contributed by atoms with Crippen molar-refractivity contribution in [3.63, 3.8) is 0 Å². The quantitative estimate of drug-likeness (QED) is 0.533. The molecule has 21 heavy (non-hydrogen) atoms. The second-order valence-electron chi connectivity index (χ2n) is 6.13. The third-order valence-electron chi connectivity index (χ3n) is 4.53. The number of thioether (sulfide) groups is 1. The highest BCUT2D eigenvalue weighted by Crippen LogP contribution is 2.28. The molecule has 0 aromatic rings. The van der Waals surface area contributed by atoms with E-state index in [1.54, 1.807) is 0 Å². The number of nitrogens with zero attached hydrogens (tertiary/aromatic N) is 2. The van der Waals surface area contributed by atoms with E-state index in [-0.39, 0.29) is 0 Å². The Bertz CT molecular complexity index is 330. The van der Waals surface area contributed by atoms with Gasteiger partial charge in [-0.25, -0.2) is 0 Å². The van der Waals surface area contributed by atoms with Gasteiger partial charge in [0.2, 0.25) is 0 Å². The highest BCUT2D eigenvalue weighted by atomic mass is 32.2. The van der Waals surface area contributed by atoms with E-state index < -0.39 is 0 Å². The minimum absolute atomic E-state index is 0.603. The molecule has 0 heterocycles. The first kappa shape index (κ1) is 16.9. The van der Waals surface area contributed by atoms with Crippen LogP contribution in [0.4, 0.5) is 0 Å². The molecule has 2 atom stereocenters. The molecule has 0 saturated heterocycles. The van der Waals surface area contributed by atoms with Gasteiger partial charge >= 0.3 is 0 Å². The van der Waals surface area contributed by atoms with Gasteiger partial charge in [-0.05, 0) is 51.8 Å². The average Bonchev–Trinajstić information content (AvgIpc) is 3.23. The molecule has 0 aromatic carbocycles. The van der Waals surface area contributed by atoms with E-state index in [1.807, 2.05) is 11.8 Å². The number of rotatable bonds is 8. The zero-order valence-electron chi connectivity index (χ0n) is 13.9. The second kappa shape index (κ2) is 8.89. The van der Waals surface area contributed by atoms with Crippen LogP contribution in [0.3, 0.4) is 0 Å². The first-order valence-electron chi connectivity index (χ1n) is 8.58. The van der Waals surface area contributed by atoms with Crippen molar-refractivity contribution in [1.82, 2.24) is 15.5 Å². The monoisotopic (exact) mass is 312 g/mol. The van der Waals surface area contributed by atoms with Crippen LogP contribution >= 0.6 is 11.8 Å². The lowest BCUT2D eigenvalue weighted by atomic mass is 10.2. The maximum Gasteiger partial charge on any atom is 0.191 e. The summed E-state index contributed by atoms with van der Waals surface area (Å²) in [6, 6.07) is 1.45. The second-order valence-corrected chi connectivity index (χ2v) is 7.27. The minimum Gasteiger partial charge on any atom is -0.357 e. The Morgan fingerprint density at radius 2 is 2.05 bits per heavy atom. The zero-order chi connectivity index (χ0) is 15.1. The van der Waals surface area contributed by atoms with E-state index in [9.17, 15) is 0 Å². The molecule has 2 rings (SSSR count). The molecule has 0 aromatic heterocycles. The normalized spacial score (nSPS) is 26.4. The summed E-state index contributed by atoms with van der Waals surface area (Å²) in [5.41, 5.74) is 0. The molecule has 122 valence electrons. The van der Waals surface area contributed by atoms with Crippen LogP contribution in [0, 0.1) is 0 Å². The maximum atomic E-state index is 4.77. The van der Waals surface area contributed by atoms with Crippen molar-refractivity contribution in [2.45, 2.75) is 63.3 Å². The fraction of sp³-hybridized carbons (Fsp3) is 0.938. The predicted molar refractivity (Wildman–Crippen MR) is 94.3 cm³/mol. The van der Waals surface area contributed by atoms with Crippen LogP contribution in [-0.2, 0) is 0 Å². The smallest absolute Gasteiger partial charge is 0.191 e. The van der Waals surface area contributed by atoms with Gasteiger partial charge in [-0.2, -0.15) is 11.8 Å². The molecule has 0 spiro atoms. The number of likely N-dealkylation sites (N-methyl/N-ethyl adjacent to an activating group) is 1. The number of aliphatic imine (C=N–C) groups is 1. The number of nitrogens with one attached hydrogen (secondary N) is 2. The van der Waals surface area contributed by atoms with Crippen LogP contribution < -0.4 is 10.6 Å². The summed E-state index contributed by atoms with van der Waals surface area (Å²) in [7, 11) is 0. The summed E-state index contributed by atoms with van der Waals surface area (Å²) in [4.78, 5) is 7.33. The predicted octanol–water partition coefficient (Wildman–Crippen LogP) is 2.31. The van der Waals surface area contributed by atoms with Crippen LogP contribution in [0.1, 0.15) is 46.0 Å².